The van der Waals surface area contributed by atoms with E-state index in [0.29, 0.717) is 34.3 Å². The highest BCUT2D eigenvalue weighted by atomic mass is 35.5. The monoisotopic (exact) mass is 274 g/mol. The van der Waals surface area contributed by atoms with Gasteiger partial charge in [0.05, 0.1) is 10.7 Å². The van der Waals surface area contributed by atoms with E-state index in [1.54, 1.807) is 12.1 Å². The third-order valence-corrected chi connectivity index (χ3v) is 3.62. The molecule has 0 spiro atoms. The number of hydrogen-bond acceptors (Lipinski definition) is 3. The third-order valence-electron chi connectivity index (χ3n) is 3.11. The number of benzene rings is 1. The number of carbonyl (C=O) groups is 1. The molecule has 0 saturated carbocycles. The molecular weight excluding hydrogens is 263 g/mol. The number of halogens is 2. The molecule has 4 nitrogen and oxygen atoms in total. The predicted octanol–water partition coefficient (Wildman–Crippen LogP) is 2.07. The van der Waals surface area contributed by atoms with Crippen LogP contribution in [0.5, 0.6) is 0 Å². The third kappa shape index (κ3) is 1.86. The normalized spacial score (nSPS) is 23.4. The van der Waals surface area contributed by atoms with E-state index in [-0.39, 0.29) is 0 Å². The Hall–Kier alpha value is -0.970. The lowest BCUT2D eigenvalue weighted by atomic mass is 9.83. The summed E-state index contributed by atoms with van der Waals surface area (Å²) in [6, 6.07) is 3.17. The first-order valence-electron chi connectivity index (χ1n) is 5.09. The number of nitrogens with two attached hydrogens (primary N) is 1. The second-order valence-corrected chi connectivity index (χ2v) is 5.08. The Morgan fingerprint density at radius 3 is 2.76 bits per heavy atom. The van der Waals surface area contributed by atoms with Crippen LogP contribution in [0.1, 0.15) is 12.0 Å². The topological polar surface area (TPSA) is 66.6 Å². The average Bonchev–Trinajstić information content (AvgIpc) is 2.22. The van der Waals surface area contributed by atoms with Crippen molar-refractivity contribution < 1.29 is 9.90 Å². The lowest BCUT2D eigenvalue weighted by Crippen LogP contribution is -2.51. The van der Waals surface area contributed by atoms with E-state index in [1.807, 2.05) is 11.9 Å². The van der Waals surface area contributed by atoms with Gasteiger partial charge in [0.2, 0.25) is 0 Å². The Morgan fingerprint density at radius 2 is 2.18 bits per heavy atom. The highest BCUT2D eigenvalue weighted by Crippen LogP contribution is 2.42. The molecule has 3 N–H and O–H groups in total. The molecule has 1 aliphatic heterocycles. The summed E-state index contributed by atoms with van der Waals surface area (Å²) in [5, 5.41) is 10.1. The summed E-state index contributed by atoms with van der Waals surface area (Å²) in [7, 11) is 1.85. The van der Waals surface area contributed by atoms with Crippen molar-refractivity contribution in [2.75, 3.05) is 18.5 Å². The first kappa shape index (κ1) is 12.5. The van der Waals surface area contributed by atoms with Gasteiger partial charge in [-0.1, -0.05) is 23.2 Å². The number of fused-ring (bicyclic) bond motifs is 1. The number of nitrogens with zero attached hydrogens (tertiary/aromatic N) is 1. The fourth-order valence-electron chi connectivity index (χ4n) is 2.11. The van der Waals surface area contributed by atoms with Crippen LogP contribution in [-0.2, 0) is 10.3 Å². The Kier molecular flexibility index (Phi) is 2.97. The summed E-state index contributed by atoms with van der Waals surface area (Å²) >= 11 is 12.0. The zero-order valence-corrected chi connectivity index (χ0v) is 10.7. The summed E-state index contributed by atoms with van der Waals surface area (Å²) in [4.78, 5) is 13.2. The quantitative estimate of drug-likeness (QED) is 0.823. The largest absolute Gasteiger partial charge is 0.480 e. The van der Waals surface area contributed by atoms with Gasteiger partial charge < -0.3 is 15.7 Å². The molecule has 0 amide bonds. The Balaban J connectivity index is 2.71. The number of carboxylic acid groups (broad SMARTS) is 1. The van der Waals surface area contributed by atoms with Gasteiger partial charge in [-0.2, -0.15) is 0 Å². The van der Waals surface area contributed by atoms with Gasteiger partial charge in [-0.25, -0.2) is 4.79 Å². The van der Waals surface area contributed by atoms with Crippen LogP contribution in [-0.4, -0.2) is 24.7 Å². The van der Waals surface area contributed by atoms with E-state index >= 15 is 0 Å². The Bertz CT molecular complexity index is 493. The Morgan fingerprint density at radius 1 is 1.53 bits per heavy atom. The number of anilines is 1. The van der Waals surface area contributed by atoms with E-state index in [1.165, 1.54) is 0 Å². The molecule has 1 unspecified atom stereocenters. The number of aliphatic carboxylic acids is 1. The first-order chi connectivity index (χ1) is 7.86. The molecule has 1 atom stereocenters. The summed E-state index contributed by atoms with van der Waals surface area (Å²) in [5.74, 6) is -1.06. The van der Waals surface area contributed by atoms with Crippen LogP contribution < -0.4 is 10.6 Å². The van der Waals surface area contributed by atoms with Crippen molar-refractivity contribution in [3.63, 3.8) is 0 Å². The highest BCUT2D eigenvalue weighted by Gasteiger charge is 2.42. The zero-order chi connectivity index (χ0) is 12.8. The van der Waals surface area contributed by atoms with Crippen molar-refractivity contribution in [3.05, 3.63) is 27.7 Å². The minimum absolute atomic E-state index is 0.322. The van der Waals surface area contributed by atoms with Crippen LogP contribution >= 0.6 is 23.2 Å². The molecule has 0 bridgehead atoms. The standard InChI is InChI=1S/C11H12Cl2N2O2/c1-15-3-2-11(14,10(16)17)7-4-6(12)5-8(13)9(7)15/h4-5H,2-3,14H2,1H3,(H,16,17). The van der Waals surface area contributed by atoms with E-state index in [0.717, 1.165) is 0 Å². The summed E-state index contributed by atoms with van der Waals surface area (Å²) < 4.78 is 0. The van der Waals surface area contributed by atoms with Crippen LogP contribution in [0.4, 0.5) is 5.69 Å². The summed E-state index contributed by atoms with van der Waals surface area (Å²) in [5.41, 5.74) is 5.66. The van der Waals surface area contributed by atoms with Gasteiger partial charge >= 0.3 is 5.97 Å². The van der Waals surface area contributed by atoms with Crippen molar-refractivity contribution in [1.29, 1.82) is 0 Å². The van der Waals surface area contributed by atoms with E-state index in [9.17, 15) is 9.90 Å². The SMILES string of the molecule is CN1CCC(N)(C(=O)O)c2cc(Cl)cc(Cl)c21. The predicted molar refractivity (Wildman–Crippen MR) is 67.9 cm³/mol. The zero-order valence-electron chi connectivity index (χ0n) is 9.20. The molecule has 0 saturated heterocycles. The van der Waals surface area contributed by atoms with Gasteiger partial charge in [0.15, 0.2) is 0 Å². The lowest BCUT2D eigenvalue weighted by Gasteiger charge is -2.38. The van der Waals surface area contributed by atoms with Crippen LogP contribution in [0, 0.1) is 0 Å². The van der Waals surface area contributed by atoms with E-state index in [2.05, 4.69) is 0 Å². The maximum atomic E-state index is 11.3. The second-order valence-electron chi connectivity index (χ2n) is 4.23. The average molecular weight is 275 g/mol. The van der Waals surface area contributed by atoms with E-state index < -0.39 is 11.5 Å². The van der Waals surface area contributed by atoms with Gasteiger partial charge in [-0.15, -0.1) is 0 Å². The smallest absolute Gasteiger partial charge is 0.328 e. The molecule has 17 heavy (non-hydrogen) atoms. The minimum atomic E-state index is -1.42. The van der Waals surface area contributed by atoms with Crippen LogP contribution in [0.3, 0.4) is 0 Å². The fraction of sp³-hybridized carbons (Fsp3) is 0.364. The van der Waals surface area contributed by atoms with Crippen molar-refractivity contribution in [3.8, 4) is 0 Å². The number of carboxylic acids is 1. The van der Waals surface area contributed by atoms with Crippen LogP contribution in [0.2, 0.25) is 10.0 Å². The maximum absolute atomic E-state index is 11.3. The fourth-order valence-corrected chi connectivity index (χ4v) is 2.74. The van der Waals surface area contributed by atoms with Gasteiger partial charge in [0.1, 0.15) is 5.54 Å². The molecule has 1 aliphatic rings. The van der Waals surface area contributed by atoms with E-state index in [4.69, 9.17) is 28.9 Å². The van der Waals surface area contributed by atoms with Gasteiger partial charge in [-0.05, 0) is 18.6 Å². The van der Waals surface area contributed by atoms with Gasteiger partial charge in [0, 0.05) is 24.2 Å². The van der Waals surface area contributed by atoms with Crippen LogP contribution in [0.15, 0.2) is 12.1 Å². The van der Waals surface area contributed by atoms with Crippen molar-refractivity contribution in [1.82, 2.24) is 0 Å². The molecule has 1 aromatic carbocycles. The second kappa shape index (κ2) is 4.05. The number of rotatable bonds is 1. The van der Waals surface area contributed by atoms with Crippen molar-refractivity contribution >= 4 is 34.9 Å². The molecule has 92 valence electrons. The molecule has 0 fully saturated rings. The molecule has 0 radical (unpaired) electrons. The summed E-state index contributed by atoms with van der Waals surface area (Å²) in [6.45, 7) is 0.539. The molecule has 1 heterocycles. The van der Waals surface area contributed by atoms with Crippen molar-refractivity contribution in [2.24, 2.45) is 5.73 Å². The Labute approximate surface area is 109 Å². The maximum Gasteiger partial charge on any atom is 0.328 e. The molecular formula is C11H12Cl2N2O2. The lowest BCUT2D eigenvalue weighted by molar-refractivity contribution is -0.144. The van der Waals surface area contributed by atoms with Crippen molar-refractivity contribution in [2.45, 2.75) is 12.0 Å². The summed E-state index contributed by atoms with van der Waals surface area (Å²) in [6.07, 6.45) is 0.322. The number of hydrogen-bond donors (Lipinski definition) is 2. The highest BCUT2D eigenvalue weighted by molar-refractivity contribution is 6.36. The molecule has 0 aromatic heterocycles. The molecule has 0 aliphatic carbocycles. The molecule has 2 rings (SSSR count). The first-order valence-corrected chi connectivity index (χ1v) is 5.85. The van der Waals surface area contributed by atoms with Gasteiger partial charge in [0.25, 0.3) is 0 Å². The molecule has 6 heteroatoms. The van der Waals surface area contributed by atoms with Gasteiger partial charge in [-0.3, -0.25) is 0 Å². The minimum Gasteiger partial charge on any atom is -0.480 e. The van der Waals surface area contributed by atoms with Crippen LogP contribution in [0.25, 0.3) is 0 Å². The molecule has 1 aromatic rings.